The third kappa shape index (κ3) is 5.55. The van der Waals surface area contributed by atoms with Gasteiger partial charge in [0.1, 0.15) is 0 Å². The maximum Gasteiger partial charge on any atom is 0.309 e. The van der Waals surface area contributed by atoms with Gasteiger partial charge in [-0.05, 0) is 74.0 Å². The summed E-state index contributed by atoms with van der Waals surface area (Å²) >= 11 is 0. The SMILES string of the molecule is CC/C(=C\C=C\C1C=C[C@@H]2CCC[C@H]2[C@@H]1C(=O)c1ccc[nH]1)[C@@H]1O[C@@H]([C@H](CC)C(=O)O)CC[C@@H]1C. The summed E-state index contributed by atoms with van der Waals surface area (Å²) in [6.07, 6.45) is 19.2. The first kappa shape index (κ1) is 25.7. The Morgan fingerprint density at radius 2 is 2.03 bits per heavy atom. The number of rotatable bonds is 9. The van der Waals surface area contributed by atoms with E-state index >= 15 is 0 Å². The number of aliphatic carboxylic acids is 1. The number of carbonyl (C=O) groups is 2. The number of ketones is 1. The van der Waals surface area contributed by atoms with Crippen LogP contribution in [0.5, 0.6) is 0 Å². The standard InChI is InChI=1S/C30H41NO4/c1-4-20(29-19(3)14-17-26(35-29)23(5-2)30(33)34)9-6-11-22-16-15-21-10-7-12-24(21)27(22)28(32)25-13-8-18-31-25/h6,8-9,11,13,15-16,18-19,21-24,26-27,29,31H,4-5,7,10,12,14,17H2,1-3H3,(H,33,34)/b11-6+,20-9+/t19-,21-,22?,23-,24+,26+,27+,29+/m0/s1. The van der Waals surface area contributed by atoms with Gasteiger partial charge >= 0.3 is 5.97 Å². The largest absolute Gasteiger partial charge is 0.481 e. The maximum atomic E-state index is 13.5. The number of aromatic amines is 1. The van der Waals surface area contributed by atoms with E-state index in [-0.39, 0.29) is 29.8 Å². The van der Waals surface area contributed by atoms with Gasteiger partial charge in [0.05, 0.1) is 23.8 Å². The van der Waals surface area contributed by atoms with Crippen LogP contribution in [0.1, 0.15) is 76.2 Å². The molecule has 0 bridgehead atoms. The average molecular weight is 480 g/mol. The minimum Gasteiger partial charge on any atom is -0.481 e. The van der Waals surface area contributed by atoms with Crippen molar-refractivity contribution < 1.29 is 19.4 Å². The predicted molar refractivity (Wildman–Crippen MR) is 138 cm³/mol. The number of hydrogen-bond donors (Lipinski definition) is 2. The van der Waals surface area contributed by atoms with Gasteiger partial charge in [0.25, 0.3) is 0 Å². The van der Waals surface area contributed by atoms with Crippen LogP contribution in [0.3, 0.4) is 0 Å². The van der Waals surface area contributed by atoms with Gasteiger partial charge in [0.2, 0.25) is 0 Å². The molecular formula is C30H41NO4. The molecule has 1 aliphatic heterocycles. The van der Waals surface area contributed by atoms with E-state index < -0.39 is 11.9 Å². The first-order valence-corrected chi connectivity index (χ1v) is 13.6. The molecule has 1 saturated heterocycles. The summed E-state index contributed by atoms with van der Waals surface area (Å²) in [5.41, 5.74) is 1.91. The zero-order valence-corrected chi connectivity index (χ0v) is 21.4. The molecule has 0 amide bonds. The van der Waals surface area contributed by atoms with Crippen LogP contribution in [0.4, 0.5) is 0 Å². The van der Waals surface area contributed by atoms with Crippen molar-refractivity contribution in [1.29, 1.82) is 0 Å². The number of carbonyl (C=O) groups excluding carboxylic acids is 1. The summed E-state index contributed by atoms with van der Waals surface area (Å²) in [7, 11) is 0. The molecule has 0 radical (unpaired) electrons. The van der Waals surface area contributed by atoms with E-state index in [1.54, 1.807) is 0 Å². The van der Waals surface area contributed by atoms with Crippen LogP contribution in [0.2, 0.25) is 0 Å². The average Bonchev–Trinajstić information content (AvgIpc) is 3.55. The Morgan fingerprint density at radius 1 is 1.20 bits per heavy atom. The lowest BCUT2D eigenvalue weighted by molar-refractivity contribution is -0.154. The summed E-state index contributed by atoms with van der Waals surface area (Å²) in [5, 5.41) is 9.62. The Labute approximate surface area is 209 Å². The Balaban J connectivity index is 1.53. The quantitative estimate of drug-likeness (QED) is 0.237. The van der Waals surface area contributed by atoms with Gasteiger partial charge < -0.3 is 14.8 Å². The number of H-pyrrole nitrogens is 1. The van der Waals surface area contributed by atoms with Crippen LogP contribution in [-0.2, 0) is 9.53 Å². The molecule has 0 spiro atoms. The number of carboxylic acids is 1. The maximum absolute atomic E-state index is 13.5. The number of carboxylic acid groups (broad SMARTS) is 1. The van der Waals surface area contributed by atoms with Crippen molar-refractivity contribution in [2.75, 3.05) is 0 Å². The van der Waals surface area contributed by atoms with Crippen molar-refractivity contribution in [2.24, 2.45) is 35.5 Å². The molecule has 2 N–H and O–H groups in total. The minimum absolute atomic E-state index is 0.0315. The summed E-state index contributed by atoms with van der Waals surface area (Å²) < 4.78 is 6.42. The van der Waals surface area contributed by atoms with Crippen molar-refractivity contribution in [1.82, 2.24) is 4.98 Å². The van der Waals surface area contributed by atoms with Crippen LogP contribution in [0.15, 0.2) is 54.3 Å². The molecule has 2 aliphatic carbocycles. The lowest BCUT2D eigenvalue weighted by Gasteiger charge is -2.38. The highest BCUT2D eigenvalue weighted by molar-refractivity contribution is 5.97. The summed E-state index contributed by atoms with van der Waals surface area (Å²) in [6, 6.07) is 3.78. The summed E-state index contributed by atoms with van der Waals surface area (Å²) in [6.45, 7) is 6.26. The van der Waals surface area contributed by atoms with Gasteiger partial charge in [-0.2, -0.15) is 0 Å². The van der Waals surface area contributed by atoms with Gasteiger partial charge in [-0.25, -0.2) is 0 Å². The number of Topliss-reactive ketones (excluding diaryl/α,β-unsaturated/α-hetero) is 1. The lowest BCUT2D eigenvalue weighted by Crippen LogP contribution is -2.41. The Morgan fingerprint density at radius 3 is 2.71 bits per heavy atom. The molecule has 0 aromatic carbocycles. The van der Waals surface area contributed by atoms with E-state index in [4.69, 9.17) is 4.74 Å². The molecule has 190 valence electrons. The zero-order valence-electron chi connectivity index (χ0n) is 21.4. The molecule has 3 aliphatic rings. The summed E-state index contributed by atoms with van der Waals surface area (Å²) in [4.78, 5) is 28.3. The normalized spacial score (nSPS) is 34.1. The van der Waals surface area contributed by atoms with Crippen LogP contribution in [-0.4, -0.2) is 34.1 Å². The fraction of sp³-hybridized carbons (Fsp3) is 0.600. The van der Waals surface area contributed by atoms with Crippen molar-refractivity contribution >= 4 is 11.8 Å². The molecule has 8 atom stereocenters. The van der Waals surface area contributed by atoms with Crippen LogP contribution < -0.4 is 0 Å². The first-order chi connectivity index (χ1) is 16.9. The van der Waals surface area contributed by atoms with Gasteiger partial charge in [0.15, 0.2) is 5.78 Å². The molecule has 4 rings (SSSR count). The zero-order chi connectivity index (χ0) is 24.9. The molecule has 2 fully saturated rings. The Bertz CT molecular complexity index is 959. The van der Waals surface area contributed by atoms with Gasteiger partial charge in [-0.15, -0.1) is 0 Å². The molecule has 5 heteroatoms. The number of nitrogens with one attached hydrogen (secondary N) is 1. The molecule has 1 saturated carbocycles. The Kier molecular flexibility index (Phi) is 8.48. The number of allylic oxidation sites excluding steroid dienone is 5. The second kappa shape index (κ2) is 11.6. The minimum atomic E-state index is -0.764. The van der Waals surface area contributed by atoms with E-state index in [1.165, 1.54) is 18.4 Å². The van der Waals surface area contributed by atoms with Gasteiger partial charge in [-0.1, -0.05) is 57.6 Å². The molecule has 5 nitrogen and oxygen atoms in total. The van der Waals surface area contributed by atoms with Crippen LogP contribution in [0.25, 0.3) is 0 Å². The van der Waals surface area contributed by atoms with E-state index in [2.05, 4.69) is 49.2 Å². The van der Waals surface area contributed by atoms with Gasteiger partial charge in [0, 0.05) is 18.0 Å². The molecule has 1 aromatic rings. The van der Waals surface area contributed by atoms with E-state index in [0.29, 0.717) is 29.9 Å². The van der Waals surface area contributed by atoms with Crippen molar-refractivity contribution in [3.63, 3.8) is 0 Å². The highest BCUT2D eigenvalue weighted by Gasteiger charge is 2.42. The number of fused-ring (bicyclic) bond motifs is 1. The molecule has 35 heavy (non-hydrogen) atoms. The van der Waals surface area contributed by atoms with Crippen LogP contribution in [0, 0.1) is 35.5 Å². The Hall–Kier alpha value is -2.40. The van der Waals surface area contributed by atoms with Crippen molar-refractivity contribution in [2.45, 2.75) is 77.9 Å². The number of hydrogen-bond acceptors (Lipinski definition) is 3. The third-order valence-corrected chi connectivity index (χ3v) is 8.62. The second-order valence-electron chi connectivity index (χ2n) is 10.7. The lowest BCUT2D eigenvalue weighted by atomic mass is 9.69. The van der Waals surface area contributed by atoms with E-state index in [9.17, 15) is 14.7 Å². The third-order valence-electron chi connectivity index (χ3n) is 8.62. The second-order valence-corrected chi connectivity index (χ2v) is 10.7. The monoisotopic (exact) mass is 479 g/mol. The highest BCUT2D eigenvalue weighted by atomic mass is 16.5. The van der Waals surface area contributed by atoms with Crippen LogP contribution >= 0.6 is 0 Å². The van der Waals surface area contributed by atoms with E-state index in [1.807, 2.05) is 25.3 Å². The topological polar surface area (TPSA) is 79.4 Å². The molecule has 1 aromatic heterocycles. The molecule has 1 unspecified atom stereocenters. The fourth-order valence-corrected chi connectivity index (χ4v) is 6.63. The molecule has 2 heterocycles. The highest BCUT2D eigenvalue weighted by Crippen LogP contribution is 2.46. The molecular weight excluding hydrogens is 438 g/mol. The van der Waals surface area contributed by atoms with E-state index in [0.717, 1.165) is 25.7 Å². The van der Waals surface area contributed by atoms with Crippen molar-refractivity contribution in [3.05, 3.63) is 60.0 Å². The smallest absolute Gasteiger partial charge is 0.309 e. The van der Waals surface area contributed by atoms with Crippen molar-refractivity contribution in [3.8, 4) is 0 Å². The summed E-state index contributed by atoms with van der Waals surface area (Å²) in [5.74, 6) is 0.323. The number of ether oxygens (including phenoxy) is 1. The van der Waals surface area contributed by atoms with Gasteiger partial charge in [-0.3, -0.25) is 9.59 Å². The predicted octanol–water partition coefficient (Wildman–Crippen LogP) is 6.60. The fourth-order valence-electron chi connectivity index (χ4n) is 6.63. The first-order valence-electron chi connectivity index (χ1n) is 13.6. The number of aromatic nitrogens is 1.